The summed E-state index contributed by atoms with van der Waals surface area (Å²) >= 11 is 6.37. The fourth-order valence-electron chi connectivity index (χ4n) is 3.48. The fourth-order valence-corrected chi connectivity index (χ4v) is 3.74. The SMILES string of the molecule is C=Nc1n[nH]c(-c2nc(N3CCN[C@H]([C@](C)(O)C(C)C)C3)c(Cl)cc2F)c1C=NC. The van der Waals surface area contributed by atoms with E-state index >= 15 is 0 Å². The molecule has 0 saturated carbocycles. The molecule has 1 aliphatic heterocycles. The van der Waals surface area contributed by atoms with Crippen LogP contribution < -0.4 is 10.2 Å². The van der Waals surface area contributed by atoms with Crippen molar-refractivity contribution in [3.63, 3.8) is 0 Å². The topological polar surface area (TPSA) is 102 Å². The molecule has 162 valence electrons. The highest BCUT2D eigenvalue weighted by atomic mass is 35.5. The van der Waals surface area contributed by atoms with Crippen molar-refractivity contribution < 1.29 is 9.50 Å². The predicted octanol–water partition coefficient (Wildman–Crippen LogP) is 2.83. The van der Waals surface area contributed by atoms with E-state index in [1.54, 1.807) is 7.05 Å². The quantitative estimate of drug-likeness (QED) is 0.605. The highest BCUT2D eigenvalue weighted by Gasteiger charge is 2.38. The van der Waals surface area contributed by atoms with E-state index < -0.39 is 11.4 Å². The van der Waals surface area contributed by atoms with Crippen LogP contribution in [-0.4, -0.2) is 71.5 Å². The molecular weight excluding hydrogens is 409 g/mol. The Labute approximate surface area is 180 Å². The maximum Gasteiger partial charge on any atom is 0.182 e. The highest BCUT2D eigenvalue weighted by molar-refractivity contribution is 6.33. The van der Waals surface area contributed by atoms with Crippen molar-refractivity contribution in [2.24, 2.45) is 15.9 Å². The molecule has 8 nitrogen and oxygen atoms in total. The summed E-state index contributed by atoms with van der Waals surface area (Å²) in [5, 5.41) is 21.3. The van der Waals surface area contributed by atoms with Gasteiger partial charge in [0.05, 0.1) is 27.9 Å². The minimum Gasteiger partial charge on any atom is -0.388 e. The summed E-state index contributed by atoms with van der Waals surface area (Å²) in [6, 6.07) is 1.05. The number of piperazine rings is 1. The van der Waals surface area contributed by atoms with Crippen molar-refractivity contribution >= 4 is 36.2 Å². The summed E-state index contributed by atoms with van der Waals surface area (Å²) in [5.74, 6) is 0.215. The third-order valence-electron chi connectivity index (χ3n) is 5.69. The van der Waals surface area contributed by atoms with E-state index in [0.717, 1.165) is 0 Å². The van der Waals surface area contributed by atoms with Gasteiger partial charge in [-0.1, -0.05) is 25.4 Å². The molecule has 3 heterocycles. The van der Waals surface area contributed by atoms with Crippen molar-refractivity contribution in [3.05, 3.63) is 22.5 Å². The van der Waals surface area contributed by atoms with Gasteiger partial charge in [0.1, 0.15) is 11.5 Å². The second kappa shape index (κ2) is 8.79. The van der Waals surface area contributed by atoms with Crippen LogP contribution in [0.5, 0.6) is 0 Å². The summed E-state index contributed by atoms with van der Waals surface area (Å²) in [6.45, 7) is 11.0. The van der Waals surface area contributed by atoms with Gasteiger partial charge in [0.25, 0.3) is 0 Å². The van der Waals surface area contributed by atoms with Crippen molar-refractivity contribution in [1.82, 2.24) is 20.5 Å². The van der Waals surface area contributed by atoms with Crippen LogP contribution in [0.15, 0.2) is 16.1 Å². The van der Waals surface area contributed by atoms with E-state index in [4.69, 9.17) is 11.6 Å². The number of rotatable bonds is 6. The molecule has 0 aliphatic carbocycles. The Morgan fingerprint density at radius 3 is 2.87 bits per heavy atom. The molecule has 1 fully saturated rings. The van der Waals surface area contributed by atoms with E-state index in [1.807, 2.05) is 25.7 Å². The first-order valence-electron chi connectivity index (χ1n) is 9.75. The number of aliphatic hydroxyl groups is 1. The Hall–Kier alpha value is -2.36. The van der Waals surface area contributed by atoms with Crippen LogP contribution in [0.25, 0.3) is 11.4 Å². The molecule has 2 aromatic heterocycles. The molecular formula is C20H27ClFN7O. The Kier molecular flexibility index (Phi) is 6.54. The van der Waals surface area contributed by atoms with E-state index in [2.05, 4.69) is 37.2 Å². The molecule has 3 rings (SSSR count). The molecule has 2 atom stereocenters. The van der Waals surface area contributed by atoms with Crippen LogP contribution >= 0.6 is 11.6 Å². The van der Waals surface area contributed by atoms with Crippen molar-refractivity contribution in [1.29, 1.82) is 0 Å². The minimum atomic E-state index is -0.924. The lowest BCUT2D eigenvalue weighted by Gasteiger charge is -2.43. The molecule has 0 bridgehead atoms. The van der Waals surface area contributed by atoms with Crippen LogP contribution in [0, 0.1) is 11.7 Å². The zero-order valence-corrected chi connectivity index (χ0v) is 18.3. The molecule has 30 heavy (non-hydrogen) atoms. The number of hydrogen-bond donors (Lipinski definition) is 3. The van der Waals surface area contributed by atoms with Crippen molar-refractivity contribution in [2.75, 3.05) is 31.6 Å². The largest absolute Gasteiger partial charge is 0.388 e. The van der Waals surface area contributed by atoms with E-state index in [1.165, 1.54) is 12.3 Å². The standard InChI is InChI=1S/C20H27ClFN7O/c1-11(2)20(3,30)15-10-29(7-6-25-15)19-13(21)8-14(22)17(26-19)16-12(9-23-4)18(24-5)28-27-16/h8-9,11,15,25,30H,5-7,10H2,1-4H3,(H,27,28)/t15-,20+/m0/s1. The molecule has 0 aromatic carbocycles. The molecule has 3 N–H and O–H groups in total. The third kappa shape index (κ3) is 4.10. The Bertz CT molecular complexity index is 957. The predicted molar refractivity (Wildman–Crippen MR) is 119 cm³/mol. The van der Waals surface area contributed by atoms with Crippen LogP contribution in [0.2, 0.25) is 5.02 Å². The Balaban J connectivity index is 2.02. The molecule has 1 aliphatic rings. The average Bonchev–Trinajstić information content (AvgIpc) is 3.11. The molecule has 0 spiro atoms. The lowest BCUT2D eigenvalue weighted by molar-refractivity contribution is -0.0231. The lowest BCUT2D eigenvalue weighted by atomic mass is 9.84. The second-order valence-corrected chi connectivity index (χ2v) is 8.25. The average molecular weight is 436 g/mol. The molecule has 1 saturated heterocycles. The number of aromatic amines is 1. The van der Waals surface area contributed by atoms with E-state index in [-0.39, 0.29) is 22.7 Å². The fraction of sp³-hybridized carbons (Fsp3) is 0.500. The first kappa shape index (κ1) is 22.3. The van der Waals surface area contributed by atoms with Crippen LogP contribution in [0.3, 0.4) is 0 Å². The molecule has 10 heteroatoms. The first-order valence-corrected chi connectivity index (χ1v) is 10.1. The number of halogens is 2. The number of aliphatic imine (C=N–C) groups is 2. The Morgan fingerprint density at radius 1 is 1.50 bits per heavy atom. The normalized spacial score (nSPS) is 19.5. The smallest absolute Gasteiger partial charge is 0.182 e. The van der Waals surface area contributed by atoms with Gasteiger partial charge in [0, 0.05) is 32.9 Å². The van der Waals surface area contributed by atoms with Crippen molar-refractivity contribution in [3.8, 4) is 11.4 Å². The van der Waals surface area contributed by atoms with Crippen molar-refractivity contribution in [2.45, 2.75) is 32.4 Å². The summed E-state index contributed by atoms with van der Waals surface area (Å²) in [6.07, 6.45) is 1.53. The number of aromatic nitrogens is 3. The monoisotopic (exact) mass is 435 g/mol. The zero-order valence-electron chi connectivity index (χ0n) is 17.6. The highest BCUT2D eigenvalue weighted by Crippen LogP contribution is 2.34. The van der Waals surface area contributed by atoms with Crippen LogP contribution in [0.1, 0.15) is 26.3 Å². The van der Waals surface area contributed by atoms with Gasteiger partial charge in [0.15, 0.2) is 11.6 Å². The van der Waals surface area contributed by atoms with Gasteiger partial charge >= 0.3 is 0 Å². The van der Waals surface area contributed by atoms with Gasteiger partial charge in [-0.05, 0) is 25.6 Å². The van der Waals surface area contributed by atoms with Gasteiger partial charge in [-0.3, -0.25) is 10.1 Å². The first-order chi connectivity index (χ1) is 14.2. The minimum absolute atomic E-state index is 0.0490. The number of anilines is 1. The number of nitrogens with one attached hydrogen (secondary N) is 2. The maximum atomic E-state index is 14.8. The molecule has 0 radical (unpaired) electrons. The number of H-pyrrole nitrogens is 1. The van der Waals surface area contributed by atoms with Gasteiger partial charge in [-0.25, -0.2) is 14.4 Å². The summed E-state index contributed by atoms with van der Waals surface area (Å²) < 4.78 is 14.8. The summed E-state index contributed by atoms with van der Waals surface area (Å²) in [7, 11) is 1.60. The molecule has 0 unspecified atom stereocenters. The molecule has 0 amide bonds. The summed E-state index contributed by atoms with van der Waals surface area (Å²) in [5.41, 5.74) is -0.0167. The van der Waals surface area contributed by atoms with Crippen LogP contribution in [0.4, 0.5) is 16.0 Å². The number of nitrogens with zero attached hydrogens (tertiary/aromatic N) is 5. The van der Waals surface area contributed by atoms with Crippen LogP contribution in [-0.2, 0) is 0 Å². The van der Waals surface area contributed by atoms with Gasteiger partial charge < -0.3 is 15.3 Å². The Morgan fingerprint density at radius 2 is 2.23 bits per heavy atom. The third-order valence-corrected chi connectivity index (χ3v) is 5.97. The number of pyridine rings is 1. The lowest BCUT2D eigenvalue weighted by Crippen LogP contribution is -2.62. The van der Waals surface area contributed by atoms with Gasteiger partial charge in [-0.2, -0.15) is 5.10 Å². The van der Waals surface area contributed by atoms with Gasteiger partial charge in [0.2, 0.25) is 0 Å². The number of hydrogen-bond acceptors (Lipinski definition) is 7. The maximum absolute atomic E-state index is 14.8. The zero-order chi connectivity index (χ0) is 22.1. The molecule has 2 aromatic rings. The van der Waals surface area contributed by atoms with Gasteiger partial charge in [-0.15, -0.1) is 0 Å². The van der Waals surface area contributed by atoms with E-state index in [0.29, 0.717) is 42.5 Å². The summed E-state index contributed by atoms with van der Waals surface area (Å²) in [4.78, 5) is 14.3. The second-order valence-electron chi connectivity index (χ2n) is 7.84. The van der Waals surface area contributed by atoms with E-state index in [9.17, 15) is 9.50 Å².